The van der Waals surface area contributed by atoms with E-state index in [1.807, 2.05) is 24.3 Å². The molecule has 0 bridgehead atoms. The summed E-state index contributed by atoms with van der Waals surface area (Å²) in [4.78, 5) is 34.4. The molecule has 0 atom stereocenters. The summed E-state index contributed by atoms with van der Waals surface area (Å²) >= 11 is 0. The number of nitrogens with two attached hydrogens (primary N) is 1. The molecule has 0 aromatic heterocycles. The molecule has 0 fully saturated rings. The monoisotopic (exact) mass is 518 g/mol. The zero-order valence-corrected chi connectivity index (χ0v) is 20.1. The molecule has 6 N–H and O–H groups in total. The number of halogens is 3. The predicted octanol–water partition coefficient (Wildman–Crippen LogP) is 5.29. The Labute approximate surface area is 209 Å². The highest BCUT2D eigenvalue weighted by Crippen LogP contribution is 2.25. The van der Waals surface area contributed by atoms with Gasteiger partial charge in [0.1, 0.15) is 5.84 Å². The third kappa shape index (κ3) is 7.69. The Balaban J connectivity index is 0.000000604. The van der Waals surface area contributed by atoms with Crippen molar-refractivity contribution in [2.24, 2.45) is 5.73 Å². The summed E-state index contributed by atoms with van der Waals surface area (Å²) in [7, 11) is 0. The van der Waals surface area contributed by atoms with Crippen LogP contribution in [-0.2, 0) is 4.79 Å². The van der Waals surface area contributed by atoms with Gasteiger partial charge in [0.15, 0.2) is 0 Å². The number of carboxylic acid groups (broad SMARTS) is 2. The van der Waals surface area contributed by atoms with E-state index in [0.717, 1.165) is 10.8 Å². The van der Waals surface area contributed by atoms with Crippen molar-refractivity contribution in [2.75, 3.05) is 10.2 Å². The Morgan fingerprint density at radius 2 is 1.35 bits per heavy atom. The van der Waals surface area contributed by atoms with Crippen LogP contribution in [0.5, 0.6) is 0 Å². The number of hydrogen-bond acceptors (Lipinski definition) is 4. The van der Waals surface area contributed by atoms with Gasteiger partial charge in [-0.15, -0.1) is 0 Å². The van der Waals surface area contributed by atoms with E-state index in [0.29, 0.717) is 22.5 Å². The largest absolute Gasteiger partial charge is 0.490 e. The van der Waals surface area contributed by atoms with Gasteiger partial charge < -0.3 is 21.3 Å². The van der Waals surface area contributed by atoms with Crippen molar-refractivity contribution < 1.29 is 37.8 Å². The van der Waals surface area contributed by atoms with E-state index in [2.05, 4.69) is 5.32 Å². The number of nitrogen functional groups attached to an aromatic ring is 1. The van der Waals surface area contributed by atoms with Crippen LogP contribution in [0.15, 0.2) is 60.7 Å². The number of nitrogens with zero attached hydrogens (tertiary/aromatic N) is 1. The van der Waals surface area contributed by atoms with Gasteiger partial charge in [-0.25, -0.2) is 9.59 Å². The lowest BCUT2D eigenvalue weighted by Crippen LogP contribution is -2.45. The number of alkyl halides is 3. The molecular formula is C25H25F3N4O5. The van der Waals surface area contributed by atoms with Crippen LogP contribution in [0.3, 0.4) is 0 Å². The number of aliphatic carboxylic acids is 1. The number of anilines is 2. The Kier molecular flexibility index (Phi) is 8.49. The third-order valence-corrected chi connectivity index (χ3v) is 4.90. The predicted molar refractivity (Wildman–Crippen MR) is 133 cm³/mol. The van der Waals surface area contributed by atoms with Gasteiger partial charge in [0, 0.05) is 28.0 Å². The molecular weight excluding hydrogens is 493 g/mol. The van der Waals surface area contributed by atoms with Crippen molar-refractivity contribution in [1.29, 1.82) is 5.41 Å². The molecule has 0 saturated carbocycles. The number of nitrogens with one attached hydrogen (secondary N) is 2. The number of hydrogen-bond donors (Lipinski definition) is 5. The second-order valence-electron chi connectivity index (χ2n) is 8.78. The van der Waals surface area contributed by atoms with Crippen molar-refractivity contribution in [3.63, 3.8) is 0 Å². The van der Waals surface area contributed by atoms with E-state index >= 15 is 0 Å². The fourth-order valence-corrected chi connectivity index (χ4v) is 3.24. The van der Waals surface area contributed by atoms with Gasteiger partial charge >= 0.3 is 18.2 Å². The Morgan fingerprint density at radius 1 is 0.865 bits per heavy atom. The normalized spacial score (nSPS) is 11.2. The van der Waals surface area contributed by atoms with Crippen molar-refractivity contribution in [2.45, 2.75) is 32.5 Å². The van der Waals surface area contributed by atoms with Crippen LogP contribution in [-0.4, -0.2) is 45.7 Å². The van der Waals surface area contributed by atoms with E-state index in [1.54, 1.807) is 57.2 Å². The molecule has 0 aliphatic rings. The summed E-state index contributed by atoms with van der Waals surface area (Å²) in [6, 6.07) is 17.4. The molecule has 12 heteroatoms. The lowest BCUT2D eigenvalue weighted by molar-refractivity contribution is -0.192. The Hall–Kier alpha value is -4.61. The third-order valence-electron chi connectivity index (χ3n) is 4.90. The zero-order chi connectivity index (χ0) is 28.1. The van der Waals surface area contributed by atoms with Crippen LogP contribution in [0.2, 0.25) is 0 Å². The summed E-state index contributed by atoms with van der Waals surface area (Å²) in [6.45, 7) is 5.42. The quantitative estimate of drug-likeness (QED) is 0.233. The first-order valence-electron chi connectivity index (χ1n) is 10.6. The van der Waals surface area contributed by atoms with Crippen molar-refractivity contribution in [3.05, 3.63) is 71.8 Å². The summed E-state index contributed by atoms with van der Waals surface area (Å²) < 4.78 is 31.7. The smallest absolute Gasteiger partial charge is 0.475 e. The fourth-order valence-electron chi connectivity index (χ4n) is 3.24. The maximum Gasteiger partial charge on any atom is 0.490 e. The second-order valence-corrected chi connectivity index (χ2v) is 8.78. The molecule has 0 spiro atoms. The van der Waals surface area contributed by atoms with Crippen LogP contribution in [0.4, 0.5) is 29.3 Å². The highest BCUT2D eigenvalue weighted by atomic mass is 19.4. The van der Waals surface area contributed by atoms with Gasteiger partial charge in [0.05, 0.1) is 0 Å². The molecule has 37 heavy (non-hydrogen) atoms. The molecule has 0 aliphatic carbocycles. The van der Waals surface area contributed by atoms with Crippen LogP contribution in [0, 0.1) is 5.41 Å². The average molecular weight is 518 g/mol. The van der Waals surface area contributed by atoms with Crippen LogP contribution in [0.25, 0.3) is 10.8 Å². The minimum Gasteiger partial charge on any atom is -0.475 e. The molecule has 9 nitrogen and oxygen atoms in total. The summed E-state index contributed by atoms with van der Waals surface area (Å²) in [5, 5.41) is 28.8. The first-order chi connectivity index (χ1) is 17.0. The molecule has 3 aromatic carbocycles. The molecule has 0 heterocycles. The van der Waals surface area contributed by atoms with Gasteiger partial charge in [-0.2, -0.15) is 13.2 Å². The first kappa shape index (κ1) is 28.6. The zero-order valence-electron chi connectivity index (χ0n) is 20.1. The van der Waals surface area contributed by atoms with E-state index in [4.69, 9.17) is 21.0 Å². The number of amidine groups is 1. The van der Waals surface area contributed by atoms with E-state index in [-0.39, 0.29) is 11.7 Å². The number of amides is 2. The highest BCUT2D eigenvalue weighted by molar-refractivity contribution is 6.06. The summed E-state index contributed by atoms with van der Waals surface area (Å²) in [6.07, 6.45) is -6.14. The van der Waals surface area contributed by atoms with Gasteiger partial charge in [0.25, 0.3) is 5.91 Å². The Morgan fingerprint density at radius 3 is 1.81 bits per heavy atom. The number of rotatable bonds is 4. The first-order valence-corrected chi connectivity index (χ1v) is 10.6. The fraction of sp³-hybridized carbons (Fsp3) is 0.200. The average Bonchev–Trinajstić information content (AvgIpc) is 2.77. The van der Waals surface area contributed by atoms with Gasteiger partial charge in [0.2, 0.25) is 0 Å². The second kappa shape index (κ2) is 11.0. The number of carboxylic acids is 1. The van der Waals surface area contributed by atoms with Gasteiger partial charge in [-0.3, -0.25) is 15.1 Å². The number of benzene rings is 3. The summed E-state index contributed by atoms with van der Waals surface area (Å²) in [5.74, 6) is -3.04. The van der Waals surface area contributed by atoms with Gasteiger partial charge in [-0.1, -0.05) is 18.2 Å². The SMILES string of the molecule is CC(C)(C)N(C(=O)O)c1ccc(C(=O)Nc2ccc3cc(C(=N)N)ccc3c2)cc1.O=C(O)C(F)(F)F. The highest BCUT2D eigenvalue weighted by Gasteiger charge is 2.38. The molecule has 0 aliphatic heterocycles. The maximum absolute atomic E-state index is 12.6. The van der Waals surface area contributed by atoms with E-state index in [9.17, 15) is 27.9 Å². The minimum atomic E-state index is -5.08. The van der Waals surface area contributed by atoms with E-state index < -0.39 is 23.8 Å². The minimum absolute atomic E-state index is 0.00523. The Bertz CT molecular complexity index is 1330. The standard InChI is InChI=1S/C23H24N4O3.C2HF3O2/c1-23(2,3)27(22(29)30)19-10-7-14(8-11-19)21(28)26-18-9-6-15-12-17(20(24)25)5-4-16(15)13-18;3-2(4,5)1(6)7/h4-13H,1-3H3,(H3,24,25)(H,26,28)(H,29,30);(H,6,7). The molecule has 0 saturated heterocycles. The van der Waals surface area contributed by atoms with Crippen LogP contribution >= 0.6 is 0 Å². The summed E-state index contributed by atoms with van der Waals surface area (Å²) in [5.41, 5.74) is 7.11. The number of carbonyl (C=O) groups is 3. The maximum atomic E-state index is 12.6. The van der Waals surface area contributed by atoms with Crippen molar-refractivity contribution >= 4 is 46.0 Å². The molecule has 3 rings (SSSR count). The molecule has 0 radical (unpaired) electrons. The molecule has 0 unspecified atom stereocenters. The van der Waals surface area contributed by atoms with Crippen LogP contribution < -0.4 is 16.0 Å². The lowest BCUT2D eigenvalue weighted by atomic mass is 10.0. The molecule has 196 valence electrons. The number of carbonyl (C=O) groups excluding carboxylic acids is 1. The van der Waals surface area contributed by atoms with Crippen molar-refractivity contribution in [3.8, 4) is 0 Å². The topological polar surface area (TPSA) is 157 Å². The molecule has 2 amide bonds. The van der Waals surface area contributed by atoms with Crippen LogP contribution in [0.1, 0.15) is 36.7 Å². The number of fused-ring (bicyclic) bond motifs is 1. The molecule has 3 aromatic rings. The van der Waals surface area contributed by atoms with Gasteiger partial charge in [-0.05, 0) is 74.0 Å². The lowest BCUT2D eigenvalue weighted by Gasteiger charge is -2.33. The van der Waals surface area contributed by atoms with Crippen molar-refractivity contribution in [1.82, 2.24) is 0 Å². The van der Waals surface area contributed by atoms with E-state index in [1.165, 1.54) is 4.90 Å².